The molecule has 2 amide bonds. The summed E-state index contributed by atoms with van der Waals surface area (Å²) in [6.45, 7) is 2.38. The first kappa shape index (κ1) is 20.3. The molecule has 2 aromatic rings. The molecule has 0 atom stereocenters. The topological polar surface area (TPSA) is 108 Å². The van der Waals surface area contributed by atoms with E-state index in [4.69, 9.17) is 0 Å². The fraction of sp³-hybridized carbons (Fsp3) is 0.300. The summed E-state index contributed by atoms with van der Waals surface area (Å²) in [6.07, 6.45) is 0. The van der Waals surface area contributed by atoms with Gasteiger partial charge in [0.15, 0.2) is 0 Å². The van der Waals surface area contributed by atoms with E-state index >= 15 is 0 Å². The Kier molecular flexibility index (Phi) is 6.40. The van der Waals surface area contributed by atoms with Crippen LogP contribution in [0.1, 0.15) is 10.4 Å². The summed E-state index contributed by atoms with van der Waals surface area (Å²) < 4.78 is 0. The molecule has 0 radical (unpaired) electrons. The first-order valence-corrected chi connectivity index (χ1v) is 9.30. The second-order valence-electron chi connectivity index (χ2n) is 6.72. The molecule has 2 N–H and O–H groups in total. The van der Waals surface area contributed by atoms with Gasteiger partial charge >= 0.3 is 0 Å². The SMILES string of the molecule is CNC(=O)CN1CCN(C(=O)c2ccc(Nc3ccccc3)c([N+](=O)[O-])c2)CC1. The Morgan fingerprint density at radius 2 is 1.76 bits per heavy atom. The quantitative estimate of drug-likeness (QED) is 0.569. The number of hydrogen-bond donors (Lipinski definition) is 2. The van der Waals surface area contributed by atoms with Gasteiger partial charge in [0.2, 0.25) is 5.91 Å². The Morgan fingerprint density at radius 3 is 2.38 bits per heavy atom. The minimum atomic E-state index is -0.497. The highest BCUT2D eigenvalue weighted by Gasteiger charge is 2.25. The van der Waals surface area contributed by atoms with E-state index in [-0.39, 0.29) is 23.1 Å². The molecule has 0 aromatic heterocycles. The van der Waals surface area contributed by atoms with E-state index < -0.39 is 4.92 Å². The third kappa shape index (κ3) is 5.08. The number of benzene rings is 2. The van der Waals surface area contributed by atoms with E-state index in [1.807, 2.05) is 23.1 Å². The molecule has 9 nitrogen and oxygen atoms in total. The number of carbonyl (C=O) groups excluding carboxylic acids is 2. The normalized spacial score (nSPS) is 14.3. The highest BCUT2D eigenvalue weighted by atomic mass is 16.6. The lowest BCUT2D eigenvalue weighted by molar-refractivity contribution is -0.383. The van der Waals surface area contributed by atoms with Crippen molar-refractivity contribution in [2.24, 2.45) is 0 Å². The second-order valence-corrected chi connectivity index (χ2v) is 6.72. The summed E-state index contributed by atoms with van der Waals surface area (Å²) >= 11 is 0. The van der Waals surface area contributed by atoms with Crippen LogP contribution in [0.25, 0.3) is 0 Å². The van der Waals surface area contributed by atoms with Gasteiger partial charge in [-0.2, -0.15) is 0 Å². The summed E-state index contributed by atoms with van der Waals surface area (Å²) in [7, 11) is 1.59. The molecule has 1 saturated heterocycles. The lowest BCUT2D eigenvalue weighted by Gasteiger charge is -2.34. The fourth-order valence-electron chi connectivity index (χ4n) is 3.17. The molecule has 0 saturated carbocycles. The number of anilines is 2. The number of amides is 2. The zero-order valence-electron chi connectivity index (χ0n) is 16.1. The van der Waals surface area contributed by atoms with Crippen LogP contribution in [0.3, 0.4) is 0 Å². The molecule has 3 rings (SSSR count). The molecule has 0 spiro atoms. The second kappa shape index (κ2) is 9.16. The van der Waals surface area contributed by atoms with Crippen molar-refractivity contribution in [1.82, 2.24) is 15.1 Å². The number of carbonyl (C=O) groups is 2. The zero-order valence-corrected chi connectivity index (χ0v) is 16.1. The van der Waals surface area contributed by atoms with E-state index in [2.05, 4.69) is 10.6 Å². The zero-order chi connectivity index (χ0) is 20.8. The van der Waals surface area contributed by atoms with Crippen molar-refractivity contribution in [3.63, 3.8) is 0 Å². The van der Waals surface area contributed by atoms with Gasteiger partial charge < -0.3 is 15.5 Å². The van der Waals surface area contributed by atoms with Crippen molar-refractivity contribution in [2.75, 3.05) is 45.1 Å². The first-order valence-electron chi connectivity index (χ1n) is 9.30. The van der Waals surface area contributed by atoms with Crippen LogP contribution in [0, 0.1) is 10.1 Å². The maximum Gasteiger partial charge on any atom is 0.293 e. The van der Waals surface area contributed by atoms with E-state index in [1.165, 1.54) is 6.07 Å². The standard InChI is InChI=1S/C20H23N5O4/c1-21-19(26)14-23-9-11-24(12-10-23)20(27)15-7-8-17(18(13-15)25(28)29)22-16-5-3-2-4-6-16/h2-8,13,22H,9-12,14H2,1H3,(H,21,26). The molecule has 1 heterocycles. The van der Waals surface area contributed by atoms with Crippen molar-refractivity contribution in [1.29, 1.82) is 0 Å². The molecule has 2 aromatic carbocycles. The molecule has 1 aliphatic rings. The number of nitro groups is 1. The molecule has 1 fully saturated rings. The highest BCUT2D eigenvalue weighted by molar-refractivity contribution is 5.96. The Bertz CT molecular complexity index is 895. The van der Waals surface area contributed by atoms with Crippen LogP contribution in [0.15, 0.2) is 48.5 Å². The van der Waals surface area contributed by atoms with Crippen molar-refractivity contribution >= 4 is 28.9 Å². The highest BCUT2D eigenvalue weighted by Crippen LogP contribution is 2.29. The van der Waals surface area contributed by atoms with Crippen LogP contribution in [-0.4, -0.2) is 66.3 Å². The average Bonchev–Trinajstić information content (AvgIpc) is 2.74. The number of rotatable bonds is 6. The van der Waals surface area contributed by atoms with Crippen molar-refractivity contribution in [3.8, 4) is 0 Å². The lowest BCUT2D eigenvalue weighted by atomic mass is 10.1. The number of nitro benzene ring substituents is 1. The van der Waals surface area contributed by atoms with Gasteiger partial charge in [0.1, 0.15) is 5.69 Å². The molecular formula is C20H23N5O4. The van der Waals surface area contributed by atoms with Crippen LogP contribution in [-0.2, 0) is 4.79 Å². The van der Waals surface area contributed by atoms with Crippen molar-refractivity contribution < 1.29 is 14.5 Å². The molecule has 152 valence electrons. The fourth-order valence-corrected chi connectivity index (χ4v) is 3.17. The molecule has 0 bridgehead atoms. The van der Waals surface area contributed by atoms with Crippen molar-refractivity contribution in [3.05, 3.63) is 64.2 Å². The first-order chi connectivity index (χ1) is 14.0. The summed E-state index contributed by atoms with van der Waals surface area (Å²) in [5.74, 6) is -0.319. The molecule has 9 heteroatoms. The molecular weight excluding hydrogens is 374 g/mol. The number of nitrogens with one attached hydrogen (secondary N) is 2. The predicted molar refractivity (Wildman–Crippen MR) is 109 cm³/mol. The van der Waals surface area contributed by atoms with Gasteiger partial charge in [-0.05, 0) is 24.3 Å². The summed E-state index contributed by atoms with van der Waals surface area (Å²) in [5, 5.41) is 17.1. The summed E-state index contributed by atoms with van der Waals surface area (Å²) in [5.41, 5.74) is 1.17. The maximum atomic E-state index is 12.8. The monoisotopic (exact) mass is 397 g/mol. The number of piperazine rings is 1. The van der Waals surface area contributed by atoms with Crippen LogP contribution in [0.2, 0.25) is 0 Å². The molecule has 29 heavy (non-hydrogen) atoms. The number of nitrogens with zero attached hydrogens (tertiary/aromatic N) is 3. The average molecular weight is 397 g/mol. The van der Waals surface area contributed by atoms with Gasteiger partial charge in [0, 0.05) is 50.5 Å². The Hall–Kier alpha value is -3.46. The largest absolute Gasteiger partial charge is 0.358 e. The van der Waals surface area contributed by atoms with E-state index in [1.54, 1.807) is 36.2 Å². The summed E-state index contributed by atoms with van der Waals surface area (Å²) in [4.78, 5) is 39.0. The lowest BCUT2D eigenvalue weighted by Crippen LogP contribution is -2.50. The molecule has 0 aliphatic carbocycles. The number of hydrogen-bond acceptors (Lipinski definition) is 6. The van der Waals surface area contributed by atoms with Gasteiger partial charge in [-0.3, -0.25) is 24.6 Å². The van der Waals surface area contributed by atoms with Crippen LogP contribution in [0.4, 0.5) is 17.1 Å². The van der Waals surface area contributed by atoms with Gasteiger partial charge in [-0.1, -0.05) is 18.2 Å². The minimum absolute atomic E-state index is 0.0677. The van der Waals surface area contributed by atoms with Gasteiger partial charge in [0.25, 0.3) is 11.6 Å². The van der Waals surface area contributed by atoms with Crippen LogP contribution < -0.4 is 10.6 Å². The molecule has 0 unspecified atom stereocenters. The van der Waals surface area contributed by atoms with Crippen LogP contribution in [0.5, 0.6) is 0 Å². The number of para-hydroxylation sites is 1. The van der Waals surface area contributed by atoms with E-state index in [0.717, 1.165) is 5.69 Å². The van der Waals surface area contributed by atoms with Gasteiger partial charge in [-0.25, -0.2) is 0 Å². The third-order valence-electron chi connectivity index (χ3n) is 4.80. The molecule has 1 aliphatic heterocycles. The van der Waals surface area contributed by atoms with Crippen molar-refractivity contribution in [2.45, 2.75) is 0 Å². The van der Waals surface area contributed by atoms with Gasteiger partial charge in [0.05, 0.1) is 11.5 Å². The third-order valence-corrected chi connectivity index (χ3v) is 4.80. The van der Waals surface area contributed by atoms with E-state index in [0.29, 0.717) is 38.4 Å². The minimum Gasteiger partial charge on any atom is -0.358 e. The Labute approximate surface area is 168 Å². The number of likely N-dealkylation sites (N-methyl/N-ethyl adjacent to an activating group) is 1. The maximum absolute atomic E-state index is 12.8. The summed E-state index contributed by atoms with van der Waals surface area (Å²) in [6, 6.07) is 13.6. The van der Waals surface area contributed by atoms with Gasteiger partial charge in [-0.15, -0.1) is 0 Å². The van der Waals surface area contributed by atoms with E-state index in [9.17, 15) is 19.7 Å². The van der Waals surface area contributed by atoms with Crippen LogP contribution >= 0.6 is 0 Å². The Morgan fingerprint density at radius 1 is 1.07 bits per heavy atom. The Balaban J connectivity index is 1.70. The predicted octanol–water partition coefficient (Wildman–Crippen LogP) is 1.84. The smallest absolute Gasteiger partial charge is 0.293 e.